The summed E-state index contributed by atoms with van der Waals surface area (Å²) >= 11 is 13.6. The van der Waals surface area contributed by atoms with E-state index >= 15 is 0 Å². The van der Waals surface area contributed by atoms with Crippen LogP contribution >= 0.6 is 34.5 Å². The molecule has 1 unspecified atom stereocenters. The van der Waals surface area contributed by atoms with E-state index in [2.05, 4.69) is 29.9 Å². The number of thiazole rings is 1. The van der Waals surface area contributed by atoms with Gasteiger partial charge in [-0.05, 0) is 25.6 Å². The van der Waals surface area contributed by atoms with E-state index in [0.29, 0.717) is 4.47 Å². The second-order valence-corrected chi connectivity index (χ2v) is 6.30. The molecule has 96 valence electrons. The highest BCUT2D eigenvalue weighted by molar-refractivity contribution is 7.15. The van der Waals surface area contributed by atoms with Gasteiger partial charge in [-0.3, -0.25) is 4.90 Å². The molecule has 0 aliphatic carbocycles. The number of aromatic nitrogens is 1. The maximum atomic E-state index is 6.21. The highest BCUT2D eigenvalue weighted by Gasteiger charge is 2.15. The summed E-state index contributed by atoms with van der Waals surface area (Å²) < 4.78 is 0.587. The number of benzene rings is 1. The van der Waals surface area contributed by atoms with Gasteiger partial charge in [0.2, 0.25) is 0 Å². The molecule has 0 N–H and O–H groups in total. The maximum Gasteiger partial charge on any atom is 0.183 e. The van der Waals surface area contributed by atoms with Gasteiger partial charge in [-0.1, -0.05) is 41.4 Å². The summed E-state index contributed by atoms with van der Waals surface area (Å²) in [4.78, 5) is 7.43. The third-order valence-electron chi connectivity index (χ3n) is 2.95. The molecule has 1 aromatic carbocycles. The fourth-order valence-electron chi connectivity index (χ4n) is 1.79. The van der Waals surface area contributed by atoms with E-state index in [-0.39, 0.29) is 6.04 Å². The van der Waals surface area contributed by atoms with Crippen molar-refractivity contribution >= 4 is 34.5 Å². The van der Waals surface area contributed by atoms with E-state index in [4.69, 9.17) is 23.2 Å². The van der Waals surface area contributed by atoms with Crippen LogP contribution in [0.25, 0.3) is 0 Å². The molecule has 0 bridgehead atoms. The number of hydrogen-bond donors (Lipinski definition) is 0. The normalized spacial score (nSPS) is 12.9. The van der Waals surface area contributed by atoms with Gasteiger partial charge in [0.15, 0.2) is 4.47 Å². The predicted octanol–water partition coefficient (Wildman–Crippen LogP) is 4.64. The molecule has 0 amide bonds. The highest BCUT2D eigenvalue weighted by Crippen LogP contribution is 2.28. The monoisotopic (exact) mass is 300 g/mol. The quantitative estimate of drug-likeness (QED) is 0.817. The average molecular weight is 301 g/mol. The van der Waals surface area contributed by atoms with Crippen molar-refractivity contribution < 1.29 is 0 Å². The van der Waals surface area contributed by atoms with E-state index in [0.717, 1.165) is 22.0 Å². The molecule has 0 aliphatic rings. The first-order valence-corrected chi connectivity index (χ1v) is 7.20. The van der Waals surface area contributed by atoms with Crippen LogP contribution in [0.3, 0.4) is 0 Å². The van der Waals surface area contributed by atoms with Crippen molar-refractivity contribution in [1.29, 1.82) is 0 Å². The lowest BCUT2D eigenvalue weighted by molar-refractivity contribution is 0.255. The van der Waals surface area contributed by atoms with E-state index in [1.54, 1.807) is 0 Å². The van der Waals surface area contributed by atoms with Crippen LogP contribution in [0.15, 0.2) is 30.5 Å². The zero-order valence-corrected chi connectivity index (χ0v) is 12.6. The summed E-state index contributed by atoms with van der Waals surface area (Å²) in [7, 11) is 2.07. The summed E-state index contributed by atoms with van der Waals surface area (Å²) in [6.45, 7) is 2.96. The third-order valence-corrected chi connectivity index (χ3v) is 4.39. The van der Waals surface area contributed by atoms with Crippen LogP contribution in [0.1, 0.15) is 23.4 Å². The zero-order chi connectivity index (χ0) is 13.1. The van der Waals surface area contributed by atoms with Gasteiger partial charge < -0.3 is 0 Å². The Kier molecular flexibility index (Phi) is 4.62. The molecule has 0 saturated carbocycles. The van der Waals surface area contributed by atoms with Crippen molar-refractivity contribution in [2.24, 2.45) is 0 Å². The Hall–Kier alpha value is -0.610. The standard InChI is InChI=1S/C13H14Cl2N2S/c1-9(11-5-3-4-6-12(11)14)17(2)8-10-7-16-13(15)18-10/h3-7,9H,8H2,1-2H3. The molecule has 0 spiro atoms. The Morgan fingerprint density at radius 2 is 2.06 bits per heavy atom. The molecule has 2 nitrogen and oxygen atoms in total. The van der Waals surface area contributed by atoms with Gasteiger partial charge in [0.05, 0.1) is 0 Å². The first-order chi connectivity index (χ1) is 8.58. The van der Waals surface area contributed by atoms with Gasteiger partial charge in [0.1, 0.15) is 0 Å². The molecule has 1 aromatic heterocycles. The maximum absolute atomic E-state index is 6.21. The van der Waals surface area contributed by atoms with Crippen molar-refractivity contribution in [2.45, 2.75) is 19.5 Å². The van der Waals surface area contributed by atoms with Gasteiger partial charge in [0.25, 0.3) is 0 Å². The Morgan fingerprint density at radius 3 is 2.67 bits per heavy atom. The lowest BCUT2D eigenvalue weighted by atomic mass is 10.1. The van der Waals surface area contributed by atoms with Gasteiger partial charge in [-0.25, -0.2) is 4.98 Å². The summed E-state index contributed by atoms with van der Waals surface area (Å²) in [5.41, 5.74) is 1.14. The molecule has 0 radical (unpaired) electrons. The van der Waals surface area contributed by atoms with Crippen molar-refractivity contribution in [3.63, 3.8) is 0 Å². The molecule has 18 heavy (non-hydrogen) atoms. The smallest absolute Gasteiger partial charge is 0.183 e. The number of nitrogens with zero attached hydrogens (tertiary/aromatic N) is 2. The van der Waals surface area contributed by atoms with Crippen LogP contribution in [0.2, 0.25) is 9.49 Å². The van der Waals surface area contributed by atoms with Crippen molar-refractivity contribution in [3.05, 3.63) is 50.4 Å². The Morgan fingerprint density at radius 1 is 1.33 bits per heavy atom. The lowest BCUT2D eigenvalue weighted by Gasteiger charge is -2.25. The summed E-state index contributed by atoms with van der Waals surface area (Å²) in [6, 6.07) is 8.18. The molecule has 1 heterocycles. The lowest BCUT2D eigenvalue weighted by Crippen LogP contribution is -2.21. The molecule has 5 heteroatoms. The van der Waals surface area contributed by atoms with Crippen molar-refractivity contribution in [1.82, 2.24) is 9.88 Å². The Bertz CT molecular complexity index is 527. The van der Waals surface area contributed by atoms with E-state index in [9.17, 15) is 0 Å². The van der Waals surface area contributed by atoms with E-state index in [1.165, 1.54) is 11.3 Å². The van der Waals surface area contributed by atoms with Gasteiger partial charge in [0, 0.05) is 28.7 Å². The molecular formula is C13H14Cl2N2S. The van der Waals surface area contributed by atoms with Crippen molar-refractivity contribution in [2.75, 3.05) is 7.05 Å². The Balaban J connectivity index is 2.09. The Labute approximate surface area is 121 Å². The number of rotatable bonds is 4. The van der Waals surface area contributed by atoms with Crippen LogP contribution in [-0.4, -0.2) is 16.9 Å². The van der Waals surface area contributed by atoms with Gasteiger partial charge in [-0.2, -0.15) is 0 Å². The first-order valence-electron chi connectivity index (χ1n) is 5.63. The predicted molar refractivity (Wildman–Crippen MR) is 78.5 cm³/mol. The van der Waals surface area contributed by atoms with Crippen LogP contribution < -0.4 is 0 Å². The largest absolute Gasteiger partial charge is 0.294 e. The van der Waals surface area contributed by atoms with Crippen LogP contribution in [-0.2, 0) is 6.54 Å². The topological polar surface area (TPSA) is 16.1 Å². The minimum Gasteiger partial charge on any atom is -0.294 e. The minimum absolute atomic E-state index is 0.250. The molecule has 2 rings (SSSR count). The third kappa shape index (κ3) is 3.23. The van der Waals surface area contributed by atoms with Gasteiger partial charge >= 0.3 is 0 Å². The number of halogens is 2. The summed E-state index contributed by atoms with van der Waals surface area (Å²) in [6.07, 6.45) is 1.82. The summed E-state index contributed by atoms with van der Waals surface area (Å²) in [5.74, 6) is 0. The fraction of sp³-hybridized carbons (Fsp3) is 0.308. The average Bonchev–Trinajstić information content (AvgIpc) is 2.74. The minimum atomic E-state index is 0.250. The second kappa shape index (κ2) is 6.02. The molecular weight excluding hydrogens is 287 g/mol. The van der Waals surface area contributed by atoms with Crippen LogP contribution in [0.4, 0.5) is 0 Å². The van der Waals surface area contributed by atoms with E-state index < -0.39 is 0 Å². The SMILES string of the molecule is CC(c1ccccc1Cl)N(C)Cc1cnc(Cl)s1. The molecule has 0 aliphatic heterocycles. The molecule has 2 aromatic rings. The zero-order valence-electron chi connectivity index (χ0n) is 10.2. The van der Waals surface area contributed by atoms with E-state index in [1.807, 2.05) is 24.4 Å². The van der Waals surface area contributed by atoms with Crippen LogP contribution in [0, 0.1) is 0 Å². The molecule has 0 saturated heterocycles. The molecule has 0 fully saturated rings. The first kappa shape index (κ1) is 13.8. The van der Waals surface area contributed by atoms with Gasteiger partial charge in [-0.15, -0.1) is 11.3 Å². The number of hydrogen-bond acceptors (Lipinski definition) is 3. The molecule has 1 atom stereocenters. The highest BCUT2D eigenvalue weighted by atomic mass is 35.5. The van der Waals surface area contributed by atoms with Crippen LogP contribution in [0.5, 0.6) is 0 Å². The second-order valence-electron chi connectivity index (χ2n) is 4.19. The van der Waals surface area contributed by atoms with Crippen molar-refractivity contribution in [3.8, 4) is 0 Å². The fourth-order valence-corrected chi connectivity index (χ4v) is 3.13. The summed E-state index contributed by atoms with van der Waals surface area (Å²) in [5, 5.41) is 0.805.